The molecule has 2 aliphatic rings. The van der Waals surface area contributed by atoms with Crippen molar-refractivity contribution < 1.29 is 19.4 Å². The largest absolute Gasteiger partial charge is 0.481 e. The van der Waals surface area contributed by atoms with Crippen molar-refractivity contribution in [3.63, 3.8) is 0 Å². The standard InChI is InChI=1S/C19H25NO4/c1-24-19(10-6-3-7-11-19)18(23)20-12-15(16(13-20)17(21)22)14-8-4-2-5-9-14/h2,4-5,8-9,15-16H,3,6-7,10-13H2,1H3,(H,21,22). The first kappa shape index (κ1) is 17.0. The van der Waals surface area contributed by atoms with E-state index in [2.05, 4.69) is 0 Å². The quantitative estimate of drug-likeness (QED) is 0.921. The lowest BCUT2D eigenvalue weighted by molar-refractivity contribution is -0.158. The molecule has 0 aromatic heterocycles. The summed E-state index contributed by atoms with van der Waals surface area (Å²) in [7, 11) is 1.60. The Labute approximate surface area is 142 Å². The molecule has 0 radical (unpaired) electrons. The van der Waals surface area contributed by atoms with E-state index in [0.29, 0.717) is 6.54 Å². The van der Waals surface area contributed by atoms with Gasteiger partial charge in [0.2, 0.25) is 0 Å². The number of methoxy groups -OCH3 is 1. The molecule has 2 unspecified atom stereocenters. The van der Waals surface area contributed by atoms with Crippen LogP contribution in [-0.4, -0.2) is 47.7 Å². The van der Waals surface area contributed by atoms with Gasteiger partial charge in [-0.3, -0.25) is 9.59 Å². The van der Waals surface area contributed by atoms with Crippen molar-refractivity contribution in [3.8, 4) is 0 Å². The summed E-state index contributed by atoms with van der Waals surface area (Å²) >= 11 is 0. The Morgan fingerprint density at radius 3 is 2.38 bits per heavy atom. The maximum Gasteiger partial charge on any atom is 0.308 e. The van der Waals surface area contributed by atoms with E-state index in [1.165, 1.54) is 0 Å². The van der Waals surface area contributed by atoms with Crippen LogP contribution in [0.15, 0.2) is 30.3 Å². The molecule has 1 aliphatic carbocycles. The fourth-order valence-electron chi connectivity index (χ4n) is 4.17. The molecule has 0 spiro atoms. The number of carbonyl (C=O) groups is 2. The minimum absolute atomic E-state index is 0.0330. The van der Waals surface area contributed by atoms with Crippen molar-refractivity contribution in [2.75, 3.05) is 20.2 Å². The van der Waals surface area contributed by atoms with Gasteiger partial charge < -0.3 is 14.7 Å². The minimum Gasteiger partial charge on any atom is -0.481 e. The van der Waals surface area contributed by atoms with Crippen LogP contribution in [0.2, 0.25) is 0 Å². The van der Waals surface area contributed by atoms with Gasteiger partial charge in [0.25, 0.3) is 5.91 Å². The van der Waals surface area contributed by atoms with Crippen LogP contribution in [0.5, 0.6) is 0 Å². The Bertz CT molecular complexity index is 595. The molecular formula is C19H25NO4. The maximum atomic E-state index is 13.1. The number of rotatable bonds is 4. The highest BCUT2D eigenvalue weighted by Crippen LogP contribution is 2.38. The van der Waals surface area contributed by atoms with E-state index >= 15 is 0 Å². The Hall–Kier alpha value is -1.88. The van der Waals surface area contributed by atoms with Gasteiger partial charge in [0.1, 0.15) is 5.60 Å². The number of benzene rings is 1. The van der Waals surface area contributed by atoms with Gasteiger partial charge in [0, 0.05) is 26.1 Å². The predicted octanol–water partition coefficient (Wildman–Crippen LogP) is 2.66. The van der Waals surface area contributed by atoms with Crippen molar-refractivity contribution in [2.45, 2.75) is 43.6 Å². The van der Waals surface area contributed by atoms with Crippen LogP contribution in [0.4, 0.5) is 0 Å². The number of likely N-dealkylation sites (tertiary alicyclic amines) is 1. The molecule has 1 aromatic carbocycles. The molecule has 2 atom stereocenters. The molecule has 1 amide bonds. The topological polar surface area (TPSA) is 66.8 Å². The van der Waals surface area contributed by atoms with Crippen LogP contribution in [0.3, 0.4) is 0 Å². The van der Waals surface area contributed by atoms with E-state index in [1.807, 2.05) is 30.3 Å². The van der Waals surface area contributed by atoms with E-state index in [1.54, 1.807) is 12.0 Å². The molecule has 5 heteroatoms. The number of nitrogens with zero attached hydrogens (tertiary/aromatic N) is 1. The SMILES string of the molecule is COC1(C(=O)N2CC(C(=O)O)C(c3ccccc3)C2)CCCCC1. The Kier molecular flexibility index (Phi) is 4.90. The van der Waals surface area contributed by atoms with Gasteiger partial charge in [-0.05, 0) is 18.4 Å². The van der Waals surface area contributed by atoms with Gasteiger partial charge in [0.15, 0.2) is 0 Å². The summed E-state index contributed by atoms with van der Waals surface area (Å²) in [6, 6.07) is 9.63. The number of hydrogen-bond acceptors (Lipinski definition) is 3. The van der Waals surface area contributed by atoms with Crippen molar-refractivity contribution >= 4 is 11.9 Å². The first-order chi connectivity index (χ1) is 11.6. The average molecular weight is 331 g/mol. The molecular weight excluding hydrogens is 306 g/mol. The molecule has 0 bridgehead atoms. The number of carboxylic acids is 1. The van der Waals surface area contributed by atoms with Crippen LogP contribution in [0.25, 0.3) is 0 Å². The average Bonchev–Trinajstić information content (AvgIpc) is 3.08. The number of hydrogen-bond donors (Lipinski definition) is 1. The zero-order chi connectivity index (χ0) is 17.2. The van der Waals surface area contributed by atoms with Crippen molar-refractivity contribution in [2.24, 2.45) is 5.92 Å². The van der Waals surface area contributed by atoms with Crippen LogP contribution in [0.1, 0.15) is 43.6 Å². The van der Waals surface area contributed by atoms with Gasteiger partial charge in [-0.1, -0.05) is 49.6 Å². The molecule has 130 valence electrons. The molecule has 1 saturated heterocycles. The molecule has 3 rings (SSSR count). The summed E-state index contributed by atoms with van der Waals surface area (Å²) in [5.41, 5.74) is 0.225. The number of amides is 1. The van der Waals surface area contributed by atoms with Crippen molar-refractivity contribution in [3.05, 3.63) is 35.9 Å². The number of carboxylic acid groups (broad SMARTS) is 1. The third-order valence-electron chi connectivity index (χ3n) is 5.59. The highest BCUT2D eigenvalue weighted by molar-refractivity contribution is 5.87. The Morgan fingerprint density at radius 1 is 1.12 bits per heavy atom. The van der Waals surface area contributed by atoms with Crippen molar-refractivity contribution in [1.29, 1.82) is 0 Å². The lowest BCUT2D eigenvalue weighted by Gasteiger charge is -2.37. The second-order valence-corrected chi connectivity index (χ2v) is 6.93. The van der Waals surface area contributed by atoms with Crippen LogP contribution in [0, 0.1) is 5.92 Å². The summed E-state index contributed by atoms with van der Waals surface area (Å²) in [6.07, 6.45) is 4.55. The predicted molar refractivity (Wildman–Crippen MR) is 89.7 cm³/mol. The molecule has 1 heterocycles. The van der Waals surface area contributed by atoms with Gasteiger partial charge in [-0.2, -0.15) is 0 Å². The second-order valence-electron chi connectivity index (χ2n) is 6.93. The summed E-state index contributed by atoms with van der Waals surface area (Å²) in [5, 5.41) is 9.61. The molecule has 1 aliphatic heterocycles. The lowest BCUT2D eigenvalue weighted by atomic mass is 9.83. The van der Waals surface area contributed by atoms with Gasteiger partial charge >= 0.3 is 5.97 Å². The van der Waals surface area contributed by atoms with Crippen molar-refractivity contribution in [1.82, 2.24) is 4.90 Å². The number of aliphatic carboxylic acids is 1. The third-order valence-corrected chi connectivity index (χ3v) is 5.59. The van der Waals surface area contributed by atoms with E-state index < -0.39 is 17.5 Å². The molecule has 2 fully saturated rings. The molecule has 1 aromatic rings. The Balaban J connectivity index is 1.82. The molecule has 1 saturated carbocycles. The highest BCUT2D eigenvalue weighted by Gasteiger charge is 2.47. The lowest BCUT2D eigenvalue weighted by Crippen LogP contribution is -2.51. The van der Waals surface area contributed by atoms with Gasteiger partial charge in [-0.25, -0.2) is 0 Å². The maximum absolute atomic E-state index is 13.1. The van der Waals surface area contributed by atoms with Gasteiger partial charge in [-0.15, -0.1) is 0 Å². The normalized spacial score (nSPS) is 26.3. The first-order valence-corrected chi connectivity index (χ1v) is 8.70. The first-order valence-electron chi connectivity index (χ1n) is 8.70. The number of carbonyl (C=O) groups excluding carboxylic acids is 1. The van der Waals surface area contributed by atoms with Gasteiger partial charge in [0.05, 0.1) is 5.92 Å². The van der Waals surface area contributed by atoms with E-state index in [4.69, 9.17) is 4.74 Å². The minimum atomic E-state index is -0.839. The van der Waals surface area contributed by atoms with E-state index in [0.717, 1.165) is 37.7 Å². The number of ether oxygens (including phenoxy) is 1. The van der Waals surface area contributed by atoms with Crippen LogP contribution < -0.4 is 0 Å². The fourth-order valence-corrected chi connectivity index (χ4v) is 4.17. The zero-order valence-corrected chi connectivity index (χ0v) is 14.1. The molecule has 24 heavy (non-hydrogen) atoms. The summed E-state index contributed by atoms with van der Waals surface area (Å²) in [6.45, 7) is 0.712. The highest BCUT2D eigenvalue weighted by atomic mass is 16.5. The summed E-state index contributed by atoms with van der Waals surface area (Å²) < 4.78 is 5.65. The monoisotopic (exact) mass is 331 g/mol. The Morgan fingerprint density at radius 2 is 1.79 bits per heavy atom. The van der Waals surface area contributed by atoms with Crippen LogP contribution >= 0.6 is 0 Å². The van der Waals surface area contributed by atoms with E-state index in [-0.39, 0.29) is 18.4 Å². The summed E-state index contributed by atoms with van der Waals surface area (Å²) in [5.74, 6) is -1.59. The molecule has 1 N–H and O–H groups in total. The van der Waals surface area contributed by atoms with Crippen LogP contribution in [-0.2, 0) is 14.3 Å². The fraction of sp³-hybridized carbons (Fsp3) is 0.579. The van der Waals surface area contributed by atoms with E-state index in [9.17, 15) is 14.7 Å². The molecule has 5 nitrogen and oxygen atoms in total. The summed E-state index contributed by atoms with van der Waals surface area (Å²) in [4.78, 5) is 26.5. The smallest absolute Gasteiger partial charge is 0.308 e. The third kappa shape index (κ3) is 3.05. The zero-order valence-electron chi connectivity index (χ0n) is 14.1. The second kappa shape index (κ2) is 6.93.